The maximum absolute atomic E-state index is 12.4. The van der Waals surface area contributed by atoms with Gasteiger partial charge in [0.25, 0.3) is 0 Å². The number of ether oxygens (including phenoxy) is 2. The SMILES string of the molecule is COc1cccc(S(=O)(=O)CS(=O)(=O)c2cccc(OC)c2)c1. The summed E-state index contributed by atoms with van der Waals surface area (Å²) in [6.45, 7) is 0. The minimum atomic E-state index is -4.03. The van der Waals surface area contributed by atoms with E-state index in [2.05, 4.69) is 0 Å². The van der Waals surface area contributed by atoms with Crippen molar-refractivity contribution in [2.24, 2.45) is 0 Å². The summed E-state index contributed by atoms with van der Waals surface area (Å²) in [5.41, 5.74) is 0. The lowest BCUT2D eigenvalue weighted by Crippen LogP contribution is -2.17. The van der Waals surface area contributed by atoms with Gasteiger partial charge in [0.1, 0.15) is 11.5 Å². The first-order valence-electron chi connectivity index (χ1n) is 6.52. The minimum absolute atomic E-state index is 0.108. The molecular weight excluding hydrogens is 340 g/mol. The van der Waals surface area contributed by atoms with Crippen LogP contribution >= 0.6 is 0 Å². The number of benzene rings is 2. The molecule has 0 amide bonds. The van der Waals surface area contributed by atoms with Crippen LogP contribution in [-0.2, 0) is 19.7 Å². The van der Waals surface area contributed by atoms with Crippen molar-refractivity contribution in [1.82, 2.24) is 0 Å². The third-order valence-corrected chi connectivity index (χ3v) is 7.54. The second-order valence-corrected chi connectivity index (χ2v) is 9.05. The fourth-order valence-electron chi connectivity index (χ4n) is 1.93. The van der Waals surface area contributed by atoms with Gasteiger partial charge in [-0.15, -0.1) is 0 Å². The first kappa shape index (κ1) is 17.3. The summed E-state index contributed by atoms with van der Waals surface area (Å²) < 4.78 is 59.4. The van der Waals surface area contributed by atoms with Crippen LogP contribution in [0.2, 0.25) is 0 Å². The summed E-state index contributed by atoms with van der Waals surface area (Å²) in [5.74, 6) is 0.676. The van der Waals surface area contributed by atoms with Gasteiger partial charge in [-0.3, -0.25) is 0 Å². The standard InChI is InChI=1S/C15H16O6S2/c1-20-12-5-3-7-14(9-12)22(16,17)11-23(18,19)15-8-4-6-13(10-15)21-2/h3-10H,11H2,1-2H3. The lowest BCUT2D eigenvalue weighted by Gasteiger charge is -2.08. The largest absolute Gasteiger partial charge is 0.497 e. The highest BCUT2D eigenvalue weighted by Gasteiger charge is 2.26. The Hall–Kier alpha value is -2.06. The minimum Gasteiger partial charge on any atom is -0.497 e. The van der Waals surface area contributed by atoms with Crippen LogP contribution in [0.15, 0.2) is 58.3 Å². The fourth-order valence-corrected chi connectivity index (χ4v) is 5.82. The molecule has 0 saturated carbocycles. The topological polar surface area (TPSA) is 86.7 Å². The molecule has 0 aliphatic carbocycles. The molecule has 0 radical (unpaired) electrons. The third kappa shape index (κ3) is 4.02. The molecule has 23 heavy (non-hydrogen) atoms. The summed E-state index contributed by atoms with van der Waals surface area (Å²) in [6.07, 6.45) is 0. The van der Waals surface area contributed by atoms with Crippen molar-refractivity contribution >= 4 is 19.7 Å². The average Bonchev–Trinajstić information content (AvgIpc) is 2.54. The quantitative estimate of drug-likeness (QED) is 0.786. The Morgan fingerprint density at radius 3 is 1.48 bits per heavy atom. The Kier molecular flexibility index (Phi) is 4.96. The zero-order valence-corrected chi connectivity index (χ0v) is 14.2. The maximum atomic E-state index is 12.4. The Morgan fingerprint density at radius 1 is 0.739 bits per heavy atom. The van der Waals surface area contributed by atoms with Crippen molar-refractivity contribution in [3.63, 3.8) is 0 Å². The van der Waals surface area contributed by atoms with E-state index in [9.17, 15) is 16.8 Å². The van der Waals surface area contributed by atoms with E-state index in [0.29, 0.717) is 11.5 Å². The van der Waals surface area contributed by atoms with Crippen LogP contribution in [0.25, 0.3) is 0 Å². The van der Waals surface area contributed by atoms with Gasteiger partial charge < -0.3 is 9.47 Å². The predicted molar refractivity (Wildman–Crippen MR) is 85.2 cm³/mol. The lowest BCUT2D eigenvalue weighted by atomic mass is 10.3. The zero-order chi connectivity index (χ0) is 17.1. The van der Waals surface area contributed by atoms with E-state index in [4.69, 9.17) is 9.47 Å². The molecule has 0 aliphatic heterocycles. The van der Waals surface area contributed by atoms with E-state index in [1.165, 1.54) is 50.6 Å². The first-order chi connectivity index (χ1) is 10.8. The number of hydrogen-bond acceptors (Lipinski definition) is 6. The lowest BCUT2D eigenvalue weighted by molar-refractivity contribution is 0.413. The normalized spacial score (nSPS) is 11.9. The molecule has 124 valence electrons. The molecule has 2 aromatic rings. The molecule has 0 N–H and O–H groups in total. The van der Waals surface area contributed by atoms with Gasteiger partial charge in [0.05, 0.1) is 24.0 Å². The van der Waals surface area contributed by atoms with Crippen molar-refractivity contribution < 1.29 is 26.3 Å². The number of rotatable bonds is 6. The number of sulfone groups is 2. The summed E-state index contributed by atoms with van der Waals surface area (Å²) in [6, 6.07) is 11.4. The van der Waals surface area contributed by atoms with E-state index in [1.54, 1.807) is 12.1 Å². The highest BCUT2D eigenvalue weighted by molar-refractivity contribution is 8.08. The molecule has 6 nitrogen and oxygen atoms in total. The monoisotopic (exact) mass is 356 g/mol. The molecule has 2 aromatic carbocycles. The van der Waals surface area contributed by atoms with Crippen molar-refractivity contribution in [2.75, 3.05) is 19.3 Å². The van der Waals surface area contributed by atoms with Gasteiger partial charge in [-0.2, -0.15) is 0 Å². The van der Waals surface area contributed by atoms with Gasteiger partial charge in [0, 0.05) is 0 Å². The van der Waals surface area contributed by atoms with Gasteiger partial charge in [0.2, 0.25) is 0 Å². The maximum Gasteiger partial charge on any atom is 0.193 e. The van der Waals surface area contributed by atoms with Gasteiger partial charge in [0.15, 0.2) is 24.8 Å². The molecule has 0 bridgehead atoms. The van der Waals surface area contributed by atoms with E-state index in [-0.39, 0.29) is 9.79 Å². The van der Waals surface area contributed by atoms with Crippen LogP contribution < -0.4 is 9.47 Å². The summed E-state index contributed by atoms with van der Waals surface area (Å²) in [5, 5.41) is -1.03. The van der Waals surface area contributed by atoms with Gasteiger partial charge in [-0.25, -0.2) is 16.8 Å². The highest BCUT2D eigenvalue weighted by Crippen LogP contribution is 2.23. The Morgan fingerprint density at radius 2 is 1.13 bits per heavy atom. The molecule has 0 fully saturated rings. The summed E-state index contributed by atoms with van der Waals surface area (Å²) in [4.78, 5) is -0.216. The molecule has 2 rings (SSSR count). The predicted octanol–water partition coefficient (Wildman–Crippen LogP) is 1.91. The van der Waals surface area contributed by atoms with Gasteiger partial charge in [-0.05, 0) is 36.4 Å². The van der Waals surface area contributed by atoms with Crippen LogP contribution in [0.4, 0.5) is 0 Å². The van der Waals surface area contributed by atoms with Crippen LogP contribution in [0.1, 0.15) is 0 Å². The summed E-state index contributed by atoms with van der Waals surface area (Å²) >= 11 is 0. The molecule has 8 heteroatoms. The van der Waals surface area contributed by atoms with Gasteiger partial charge >= 0.3 is 0 Å². The smallest absolute Gasteiger partial charge is 0.193 e. The Labute approximate surface area is 135 Å². The molecular formula is C15H16O6S2. The molecule has 0 saturated heterocycles. The van der Waals surface area contributed by atoms with Crippen molar-refractivity contribution in [3.8, 4) is 11.5 Å². The molecule has 0 atom stereocenters. The summed E-state index contributed by atoms with van der Waals surface area (Å²) in [7, 11) is -5.25. The zero-order valence-electron chi connectivity index (χ0n) is 12.6. The van der Waals surface area contributed by atoms with E-state index in [1.807, 2.05) is 0 Å². The fraction of sp³-hybridized carbons (Fsp3) is 0.200. The van der Waals surface area contributed by atoms with Crippen LogP contribution in [0.5, 0.6) is 11.5 Å². The first-order valence-corrected chi connectivity index (χ1v) is 9.82. The van der Waals surface area contributed by atoms with E-state index in [0.717, 1.165) is 0 Å². The molecule has 0 spiro atoms. The van der Waals surface area contributed by atoms with Crippen LogP contribution in [-0.4, -0.2) is 36.1 Å². The molecule has 0 heterocycles. The number of hydrogen-bond donors (Lipinski definition) is 0. The Balaban J connectivity index is 2.38. The van der Waals surface area contributed by atoms with Crippen LogP contribution in [0.3, 0.4) is 0 Å². The van der Waals surface area contributed by atoms with Crippen molar-refractivity contribution in [3.05, 3.63) is 48.5 Å². The van der Waals surface area contributed by atoms with Gasteiger partial charge in [-0.1, -0.05) is 12.1 Å². The second-order valence-electron chi connectivity index (χ2n) is 4.71. The molecule has 0 unspecified atom stereocenters. The number of methoxy groups -OCH3 is 2. The highest BCUT2D eigenvalue weighted by atomic mass is 32.3. The van der Waals surface area contributed by atoms with E-state index >= 15 is 0 Å². The molecule has 0 aromatic heterocycles. The van der Waals surface area contributed by atoms with Crippen LogP contribution in [0, 0.1) is 0 Å². The Bertz CT molecular complexity index is 826. The molecule has 0 aliphatic rings. The van der Waals surface area contributed by atoms with Crippen molar-refractivity contribution in [1.29, 1.82) is 0 Å². The second kappa shape index (κ2) is 6.59. The average molecular weight is 356 g/mol. The van der Waals surface area contributed by atoms with E-state index < -0.39 is 24.8 Å². The van der Waals surface area contributed by atoms with Crippen molar-refractivity contribution in [2.45, 2.75) is 9.79 Å². The third-order valence-electron chi connectivity index (χ3n) is 3.11.